The largest absolute Gasteiger partial charge is 0.350 e. The van der Waals surface area contributed by atoms with Crippen molar-refractivity contribution in [1.29, 1.82) is 0 Å². The zero-order chi connectivity index (χ0) is 14.7. The summed E-state index contributed by atoms with van der Waals surface area (Å²) < 4.78 is 25.2. The third-order valence-corrected chi connectivity index (χ3v) is 3.83. The Balaban J connectivity index is 0.00000361. The maximum absolute atomic E-state index is 11.8. The molecule has 0 atom stereocenters. The van der Waals surface area contributed by atoms with Gasteiger partial charge in [0.05, 0.1) is 4.90 Å². The van der Waals surface area contributed by atoms with E-state index in [9.17, 15) is 13.2 Å². The van der Waals surface area contributed by atoms with Crippen LogP contribution in [-0.4, -0.2) is 33.5 Å². The number of carbonyl (C=O) groups excluding carboxylic acids is 1. The fourth-order valence-electron chi connectivity index (χ4n) is 1.31. The Morgan fingerprint density at radius 2 is 1.75 bits per heavy atom. The summed E-state index contributed by atoms with van der Waals surface area (Å²) in [4.78, 5) is 11.9. The highest BCUT2D eigenvalue weighted by molar-refractivity contribution is 7.89. The number of benzene rings is 1. The number of carbonyl (C=O) groups is 1. The van der Waals surface area contributed by atoms with Gasteiger partial charge in [-0.05, 0) is 45.2 Å². The number of nitrogens with two attached hydrogens (primary N) is 1. The smallest absolute Gasteiger partial charge is 0.251 e. The first-order valence-electron chi connectivity index (χ1n) is 5.76. The lowest BCUT2D eigenvalue weighted by atomic mass is 10.1. The van der Waals surface area contributed by atoms with E-state index >= 15 is 0 Å². The number of rotatable bonds is 5. The maximum atomic E-state index is 11.8. The first-order valence-corrected chi connectivity index (χ1v) is 7.25. The van der Waals surface area contributed by atoms with Crippen molar-refractivity contribution in [2.45, 2.75) is 24.3 Å². The minimum Gasteiger partial charge on any atom is -0.350 e. The number of hydrogen-bond donors (Lipinski definition) is 3. The normalized spacial score (nSPS) is 11.6. The Hall–Kier alpha value is -1.15. The molecule has 0 radical (unpaired) electrons. The molecule has 4 N–H and O–H groups in total. The standard InChI is InChI=1S/C12H19N3O3S.ClH/c1-12(2,13)8-15-11(16)9-4-6-10(7-5-9)19(17,18)14-3;/h4-7,14H,8,13H2,1-3H3,(H,15,16);1H. The fraction of sp³-hybridized carbons (Fsp3) is 0.417. The van der Waals surface area contributed by atoms with Gasteiger partial charge < -0.3 is 11.1 Å². The molecule has 0 spiro atoms. The second-order valence-corrected chi connectivity index (χ2v) is 6.79. The lowest BCUT2D eigenvalue weighted by molar-refractivity contribution is 0.0946. The molecule has 0 bridgehead atoms. The Kier molecular flexibility index (Phi) is 6.63. The summed E-state index contributed by atoms with van der Waals surface area (Å²) in [6, 6.07) is 5.69. The molecule has 114 valence electrons. The number of amides is 1. The molecular weight excluding hydrogens is 302 g/mol. The Labute approximate surface area is 125 Å². The highest BCUT2D eigenvalue weighted by Crippen LogP contribution is 2.10. The zero-order valence-corrected chi connectivity index (χ0v) is 13.3. The molecule has 0 saturated heterocycles. The van der Waals surface area contributed by atoms with Gasteiger partial charge in [0.25, 0.3) is 5.91 Å². The van der Waals surface area contributed by atoms with Crippen molar-refractivity contribution in [3.63, 3.8) is 0 Å². The van der Waals surface area contributed by atoms with Gasteiger partial charge in [-0.3, -0.25) is 4.79 Å². The fourth-order valence-corrected chi connectivity index (χ4v) is 2.04. The molecule has 0 aliphatic rings. The van der Waals surface area contributed by atoms with Gasteiger partial charge in [0, 0.05) is 17.6 Å². The molecule has 20 heavy (non-hydrogen) atoms. The summed E-state index contributed by atoms with van der Waals surface area (Å²) in [6.45, 7) is 3.94. The molecule has 8 heteroatoms. The van der Waals surface area contributed by atoms with E-state index in [-0.39, 0.29) is 23.2 Å². The van der Waals surface area contributed by atoms with Crippen LogP contribution >= 0.6 is 12.4 Å². The molecule has 1 rings (SSSR count). The molecule has 0 saturated carbocycles. The second kappa shape index (κ2) is 7.03. The highest BCUT2D eigenvalue weighted by Gasteiger charge is 2.15. The Bertz CT molecular complexity index is 550. The topological polar surface area (TPSA) is 101 Å². The van der Waals surface area contributed by atoms with E-state index in [1.54, 1.807) is 13.8 Å². The first-order chi connectivity index (χ1) is 8.65. The van der Waals surface area contributed by atoms with Crippen molar-refractivity contribution in [3.8, 4) is 0 Å². The average molecular weight is 322 g/mol. The van der Waals surface area contributed by atoms with E-state index in [4.69, 9.17) is 5.73 Å². The van der Waals surface area contributed by atoms with Gasteiger partial charge in [0.2, 0.25) is 10.0 Å². The van der Waals surface area contributed by atoms with Crippen LogP contribution in [0.25, 0.3) is 0 Å². The van der Waals surface area contributed by atoms with Crippen LogP contribution in [0.15, 0.2) is 29.2 Å². The van der Waals surface area contributed by atoms with Crippen molar-refractivity contribution < 1.29 is 13.2 Å². The first kappa shape index (κ1) is 18.9. The van der Waals surface area contributed by atoms with Gasteiger partial charge >= 0.3 is 0 Å². The molecule has 0 aliphatic carbocycles. The quantitative estimate of drug-likeness (QED) is 0.734. The van der Waals surface area contributed by atoms with E-state index in [1.807, 2.05) is 0 Å². The highest BCUT2D eigenvalue weighted by atomic mass is 35.5. The number of sulfonamides is 1. The lowest BCUT2D eigenvalue weighted by Crippen LogP contribution is -2.45. The molecule has 0 unspecified atom stereocenters. The molecule has 0 heterocycles. The van der Waals surface area contributed by atoms with Gasteiger partial charge in [0.1, 0.15) is 0 Å². The predicted molar refractivity (Wildman–Crippen MR) is 80.5 cm³/mol. The van der Waals surface area contributed by atoms with Crippen LogP contribution in [0.1, 0.15) is 24.2 Å². The van der Waals surface area contributed by atoms with Gasteiger partial charge in [0.15, 0.2) is 0 Å². The van der Waals surface area contributed by atoms with Crippen LogP contribution in [0.2, 0.25) is 0 Å². The number of nitrogens with one attached hydrogen (secondary N) is 2. The van der Waals surface area contributed by atoms with Crippen molar-refractivity contribution in [2.24, 2.45) is 5.73 Å². The van der Waals surface area contributed by atoms with Crippen molar-refractivity contribution in [1.82, 2.24) is 10.0 Å². The van der Waals surface area contributed by atoms with Gasteiger partial charge in [-0.15, -0.1) is 12.4 Å². The van der Waals surface area contributed by atoms with Crippen molar-refractivity contribution >= 4 is 28.3 Å². The third kappa shape index (κ3) is 5.46. The summed E-state index contributed by atoms with van der Waals surface area (Å²) >= 11 is 0. The van der Waals surface area contributed by atoms with Gasteiger partial charge in [-0.2, -0.15) is 0 Å². The lowest BCUT2D eigenvalue weighted by Gasteiger charge is -2.18. The number of hydrogen-bond acceptors (Lipinski definition) is 4. The summed E-state index contributed by atoms with van der Waals surface area (Å²) in [7, 11) is -2.15. The van der Waals surface area contributed by atoms with Crippen LogP contribution in [0.4, 0.5) is 0 Å². The molecular formula is C12H20ClN3O3S. The molecule has 0 aliphatic heterocycles. The van der Waals surface area contributed by atoms with E-state index < -0.39 is 15.6 Å². The van der Waals surface area contributed by atoms with Crippen LogP contribution in [-0.2, 0) is 10.0 Å². The van der Waals surface area contributed by atoms with Crippen LogP contribution < -0.4 is 15.8 Å². The summed E-state index contributed by atoms with van der Waals surface area (Å²) in [5, 5.41) is 2.68. The van der Waals surface area contributed by atoms with Gasteiger partial charge in [-0.1, -0.05) is 0 Å². The van der Waals surface area contributed by atoms with Crippen LogP contribution in [0.5, 0.6) is 0 Å². The molecule has 0 aromatic heterocycles. The average Bonchev–Trinajstić information content (AvgIpc) is 2.35. The molecule has 0 fully saturated rings. The number of halogens is 1. The van der Waals surface area contributed by atoms with Crippen molar-refractivity contribution in [3.05, 3.63) is 29.8 Å². The Morgan fingerprint density at radius 1 is 1.25 bits per heavy atom. The minimum atomic E-state index is -3.48. The van der Waals surface area contributed by atoms with Gasteiger partial charge in [-0.25, -0.2) is 13.1 Å². The SMILES string of the molecule is CNS(=O)(=O)c1ccc(C(=O)NCC(C)(C)N)cc1.Cl. The zero-order valence-electron chi connectivity index (χ0n) is 11.6. The molecule has 1 aromatic rings. The van der Waals surface area contributed by atoms with Crippen molar-refractivity contribution in [2.75, 3.05) is 13.6 Å². The summed E-state index contributed by atoms with van der Waals surface area (Å²) in [6.07, 6.45) is 0. The van der Waals surface area contributed by atoms with Crippen LogP contribution in [0, 0.1) is 0 Å². The minimum absolute atomic E-state index is 0. The third-order valence-electron chi connectivity index (χ3n) is 2.40. The van der Waals surface area contributed by atoms with Crippen LogP contribution in [0.3, 0.4) is 0 Å². The Morgan fingerprint density at radius 3 is 2.15 bits per heavy atom. The van der Waals surface area contributed by atoms with E-state index in [0.717, 1.165) is 0 Å². The molecule has 6 nitrogen and oxygen atoms in total. The maximum Gasteiger partial charge on any atom is 0.251 e. The molecule has 1 aromatic carbocycles. The second-order valence-electron chi connectivity index (χ2n) is 4.90. The molecule has 1 amide bonds. The predicted octanol–water partition coefficient (Wildman–Crippen LogP) is 0.484. The van der Waals surface area contributed by atoms with E-state index in [2.05, 4.69) is 10.0 Å². The van der Waals surface area contributed by atoms with E-state index in [0.29, 0.717) is 12.1 Å². The van der Waals surface area contributed by atoms with E-state index in [1.165, 1.54) is 31.3 Å². The summed E-state index contributed by atoms with van der Waals surface area (Å²) in [5.41, 5.74) is 5.65. The monoisotopic (exact) mass is 321 g/mol. The summed E-state index contributed by atoms with van der Waals surface area (Å²) in [5.74, 6) is -0.285.